The van der Waals surface area contributed by atoms with Gasteiger partial charge in [0.25, 0.3) is 0 Å². The quantitative estimate of drug-likeness (QED) is 0.219. The predicted molar refractivity (Wildman–Crippen MR) is 165 cm³/mol. The van der Waals surface area contributed by atoms with Gasteiger partial charge in [-0.05, 0) is 55.3 Å². The highest BCUT2D eigenvalue weighted by Crippen LogP contribution is 2.35. The van der Waals surface area contributed by atoms with Crippen LogP contribution in [0, 0.1) is 26.7 Å². The van der Waals surface area contributed by atoms with Gasteiger partial charge in [0.05, 0.1) is 24.6 Å². The number of aromatic nitrogens is 2. The third-order valence-electron chi connectivity index (χ3n) is 6.17. The highest BCUT2D eigenvalue weighted by Gasteiger charge is 2.16. The van der Waals surface area contributed by atoms with Gasteiger partial charge < -0.3 is 0 Å². The second kappa shape index (κ2) is 15.8. The molecule has 3 aromatic carbocycles. The SMILES string of the molecule is CC.CC.CCC(C)C.CF.Cc1ccc2c(c1)c1ccccc1c1ncc(-c3c(C)cccc3C)n21. The number of nitrogens with zero attached hydrogens (tertiary/aromatic N) is 2. The number of hydrogen-bond acceptors (Lipinski definition) is 1. The van der Waals surface area contributed by atoms with Crippen LogP contribution in [-0.2, 0) is 0 Å². The first-order valence-corrected chi connectivity index (χ1v) is 13.6. The molecule has 0 fully saturated rings. The van der Waals surface area contributed by atoms with Gasteiger partial charge in [-0.2, -0.15) is 0 Å². The summed E-state index contributed by atoms with van der Waals surface area (Å²) in [6.07, 6.45) is 3.33. The average Bonchev–Trinajstić information content (AvgIpc) is 3.37. The minimum atomic E-state index is 0.500. The standard InChI is InChI=1S/C24H20N2.C5H12.2C2H6.CH3F/c1-15-11-12-21-20(13-15)18-9-4-5-10-19(18)24-25-14-22(26(21)24)23-16(2)7-6-8-17(23)3;1-4-5(2)3;3*1-2/h4-14H,1-3H3;5H,4H2,1-3H3;2*1-2H3;1H3. The Morgan fingerprint density at radius 1 is 0.757 bits per heavy atom. The largest absolute Gasteiger partial charge is 0.292 e. The molecule has 0 unspecified atom stereocenters. The average molecular weight is 503 g/mol. The van der Waals surface area contributed by atoms with E-state index < -0.39 is 0 Å². The molecule has 0 radical (unpaired) electrons. The van der Waals surface area contributed by atoms with Crippen LogP contribution in [-0.4, -0.2) is 16.6 Å². The molecule has 0 saturated carbocycles. The predicted octanol–water partition coefficient (Wildman–Crippen LogP) is 10.9. The van der Waals surface area contributed by atoms with Gasteiger partial charge in [0.2, 0.25) is 0 Å². The van der Waals surface area contributed by atoms with Crippen molar-refractivity contribution in [3.63, 3.8) is 0 Å². The highest BCUT2D eigenvalue weighted by atomic mass is 19.1. The summed E-state index contributed by atoms with van der Waals surface area (Å²) < 4.78 is 11.8. The number of imidazole rings is 1. The first kappa shape index (κ1) is 31.8. The van der Waals surface area contributed by atoms with E-state index in [-0.39, 0.29) is 0 Å². The van der Waals surface area contributed by atoms with Crippen molar-refractivity contribution in [3.05, 3.63) is 83.6 Å². The maximum Gasteiger partial charge on any atom is 0.145 e. The minimum Gasteiger partial charge on any atom is -0.292 e. The Labute approximate surface area is 224 Å². The smallest absolute Gasteiger partial charge is 0.145 e. The van der Waals surface area contributed by atoms with Gasteiger partial charge in [-0.15, -0.1) is 0 Å². The molecule has 2 aromatic heterocycles. The van der Waals surface area contributed by atoms with Crippen molar-refractivity contribution >= 4 is 27.3 Å². The van der Waals surface area contributed by atoms with Crippen molar-refractivity contribution in [2.24, 2.45) is 5.92 Å². The van der Waals surface area contributed by atoms with Crippen LogP contribution in [0.2, 0.25) is 0 Å². The van der Waals surface area contributed by atoms with Crippen LogP contribution in [0.25, 0.3) is 38.6 Å². The van der Waals surface area contributed by atoms with E-state index >= 15 is 0 Å². The molecule has 0 amide bonds. The molecule has 0 N–H and O–H groups in total. The number of rotatable bonds is 2. The zero-order valence-corrected chi connectivity index (χ0v) is 24.9. The van der Waals surface area contributed by atoms with Crippen LogP contribution < -0.4 is 0 Å². The third kappa shape index (κ3) is 7.19. The van der Waals surface area contributed by atoms with Crippen molar-refractivity contribution in [2.75, 3.05) is 7.18 Å². The number of fused-ring (bicyclic) bond motifs is 6. The molecule has 5 rings (SSSR count). The number of hydrogen-bond donors (Lipinski definition) is 0. The summed E-state index contributed by atoms with van der Waals surface area (Å²) in [5.41, 5.74) is 8.50. The minimum absolute atomic E-state index is 0.500. The molecule has 0 spiro atoms. The van der Waals surface area contributed by atoms with E-state index in [9.17, 15) is 4.39 Å². The zero-order valence-electron chi connectivity index (χ0n) is 24.9. The van der Waals surface area contributed by atoms with Gasteiger partial charge in [0.1, 0.15) is 5.65 Å². The first-order chi connectivity index (χ1) is 17.9. The number of pyridine rings is 1. The first-order valence-electron chi connectivity index (χ1n) is 13.6. The van der Waals surface area contributed by atoms with Crippen LogP contribution in [0.5, 0.6) is 0 Å². The Balaban J connectivity index is 0.000000544. The van der Waals surface area contributed by atoms with E-state index in [2.05, 4.69) is 107 Å². The van der Waals surface area contributed by atoms with E-state index in [1.54, 1.807) is 0 Å². The molecule has 2 heterocycles. The molecule has 5 aromatic rings. The van der Waals surface area contributed by atoms with E-state index in [1.165, 1.54) is 50.4 Å². The number of halogens is 1. The van der Waals surface area contributed by atoms with Crippen molar-refractivity contribution in [3.8, 4) is 11.3 Å². The summed E-state index contributed by atoms with van der Waals surface area (Å²) in [5.74, 6) is 0.884. The lowest BCUT2D eigenvalue weighted by molar-refractivity contribution is 0.626. The summed E-state index contributed by atoms with van der Waals surface area (Å²) in [6.45, 7) is 21.1. The van der Waals surface area contributed by atoms with Crippen LogP contribution in [0.4, 0.5) is 4.39 Å². The van der Waals surface area contributed by atoms with Crippen molar-refractivity contribution in [1.82, 2.24) is 9.38 Å². The normalized spacial score (nSPS) is 9.97. The number of aryl methyl sites for hydroxylation is 3. The highest BCUT2D eigenvalue weighted by molar-refractivity contribution is 6.12. The van der Waals surface area contributed by atoms with Crippen LogP contribution in [0.15, 0.2) is 66.9 Å². The monoisotopic (exact) mass is 502 g/mol. The van der Waals surface area contributed by atoms with E-state index in [0.717, 1.165) is 17.3 Å². The molecule has 0 bridgehead atoms. The van der Waals surface area contributed by atoms with Crippen LogP contribution in [0.1, 0.15) is 71.6 Å². The molecule has 3 heteroatoms. The number of benzene rings is 3. The summed E-state index contributed by atoms with van der Waals surface area (Å²) in [4.78, 5) is 4.84. The van der Waals surface area contributed by atoms with Crippen LogP contribution >= 0.6 is 0 Å². The van der Waals surface area contributed by atoms with Gasteiger partial charge in [0.15, 0.2) is 0 Å². The molecule has 0 saturated heterocycles. The Hall–Kier alpha value is -3.20. The van der Waals surface area contributed by atoms with Crippen molar-refractivity contribution in [1.29, 1.82) is 0 Å². The molecular weight excluding hydrogens is 455 g/mol. The van der Waals surface area contributed by atoms with Crippen LogP contribution in [0.3, 0.4) is 0 Å². The Bertz CT molecular complexity index is 1360. The van der Waals surface area contributed by atoms with Crippen molar-refractivity contribution in [2.45, 2.75) is 75.7 Å². The zero-order chi connectivity index (χ0) is 28.1. The summed E-state index contributed by atoms with van der Waals surface area (Å²) >= 11 is 0. The van der Waals surface area contributed by atoms with E-state index in [4.69, 9.17) is 4.98 Å². The lowest BCUT2D eigenvalue weighted by Crippen LogP contribution is -1.96. The maximum atomic E-state index is 9.50. The molecule has 0 aliphatic rings. The summed E-state index contributed by atoms with van der Waals surface area (Å²) in [6, 6.07) is 21.7. The van der Waals surface area contributed by atoms with E-state index in [1.807, 2.05) is 33.9 Å². The van der Waals surface area contributed by atoms with Gasteiger partial charge in [-0.25, -0.2) is 4.98 Å². The summed E-state index contributed by atoms with van der Waals surface area (Å²) in [7, 11) is 0.500. The number of alkyl halides is 1. The van der Waals surface area contributed by atoms with E-state index in [0.29, 0.717) is 7.18 Å². The summed E-state index contributed by atoms with van der Waals surface area (Å²) in [5, 5.41) is 3.74. The van der Waals surface area contributed by atoms with Gasteiger partial charge >= 0.3 is 0 Å². The fourth-order valence-corrected chi connectivity index (χ4v) is 4.15. The van der Waals surface area contributed by atoms with Gasteiger partial charge in [-0.3, -0.25) is 8.79 Å². The Morgan fingerprint density at radius 2 is 1.30 bits per heavy atom. The van der Waals surface area contributed by atoms with Crippen molar-refractivity contribution < 1.29 is 4.39 Å². The maximum absolute atomic E-state index is 9.50. The fourth-order valence-electron chi connectivity index (χ4n) is 4.15. The molecule has 0 atom stereocenters. The topological polar surface area (TPSA) is 17.3 Å². The third-order valence-corrected chi connectivity index (χ3v) is 6.17. The second-order valence-electron chi connectivity index (χ2n) is 8.94. The second-order valence-corrected chi connectivity index (χ2v) is 8.94. The lowest BCUT2D eigenvalue weighted by Gasteiger charge is -2.14. The molecule has 37 heavy (non-hydrogen) atoms. The Morgan fingerprint density at radius 3 is 1.84 bits per heavy atom. The molecular formula is C34H47FN2. The lowest BCUT2D eigenvalue weighted by atomic mass is 9.99. The molecule has 0 aliphatic carbocycles. The fraction of sp³-hybridized carbons (Fsp3) is 0.382. The molecule has 200 valence electrons. The molecule has 0 aliphatic heterocycles. The van der Waals surface area contributed by atoms with Gasteiger partial charge in [0, 0.05) is 16.3 Å². The van der Waals surface area contributed by atoms with Gasteiger partial charge in [-0.1, -0.05) is 109 Å². The molecule has 2 nitrogen and oxygen atoms in total. The Kier molecular flexibility index (Phi) is 13.6.